The fourth-order valence-corrected chi connectivity index (χ4v) is 2.47. The van der Waals surface area contributed by atoms with E-state index in [-0.39, 0.29) is 0 Å². The van der Waals surface area contributed by atoms with E-state index in [1.54, 1.807) is 0 Å². The molecule has 17 heavy (non-hydrogen) atoms. The summed E-state index contributed by atoms with van der Waals surface area (Å²) in [7, 11) is 0. The van der Waals surface area contributed by atoms with Crippen molar-refractivity contribution >= 4 is 22.6 Å². The van der Waals surface area contributed by atoms with Gasteiger partial charge in [0.15, 0.2) is 0 Å². The van der Waals surface area contributed by atoms with Crippen LogP contribution in [-0.4, -0.2) is 31.1 Å². The van der Waals surface area contributed by atoms with E-state index in [2.05, 4.69) is 16.3 Å². The third kappa shape index (κ3) is 2.32. The third-order valence-corrected chi connectivity index (χ3v) is 3.48. The lowest BCUT2D eigenvalue weighted by Gasteiger charge is -2.26. The van der Waals surface area contributed by atoms with Crippen LogP contribution in [0.25, 0.3) is 11.0 Å². The summed E-state index contributed by atoms with van der Waals surface area (Å²) in [4.78, 5) is 2.39. The van der Waals surface area contributed by atoms with Gasteiger partial charge in [0.2, 0.25) is 0 Å². The molecule has 1 saturated heterocycles. The first kappa shape index (κ1) is 11.1. The molecule has 0 spiro atoms. The van der Waals surface area contributed by atoms with Crippen molar-refractivity contribution in [2.45, 2.75) is 6.54 Å². The van der Waals surface area contributed by atoms with Crippen molar-refractivity contribution in [2.24, 2.45) is 0 Å². The summed E-state index contributed by atoms with van der Waals surface area (Å²) >= 11 is 6.13. The number of nitrogens with one attached hydrogen (secondary N) is 1. The summed E-state index contributed by atoms with van der Waals surface area (Å²) in [5, 5.41) is 5.12. The number of rotatable bonds is 2. The lowest BCUT2D eigenvalue weighted by Crippen LogP contribution is -2.42. The Bertz CT molecular complexity index is 517. The molecule has 2 heterocycles. The maximum atomic E-state index is 6.13. The predicted molar refractivity (Wildman–Crippen MR) is 69.4 cm³/mol. The van der Waals surface area contributed by atoms with Crippen LogP contribution in [0.4, 0.5) is 0 Å². The Hall–Kier alpha value is -1.03. The Morgan fingerprint density at radius 3 is 2.88 bits per heavy atom. The largest absolute Gasteiger partial charge is 0.460 e. The monoisotopic (exact) mass is 250 g/mol. The Kier molecular flexibility index (Phi) is 3.05. The van der Waals surface area contributed by atoms with Gasteiger partial charge < -0.3 is 9.73 Å². The number of nitrogens with zero attached hydrogens (tertiary/aromatic N) is 1. The molecule has 0 aliphatic carbocycles. The van der Waals surface area contributed by atoms with Gasteiger partial charge >= 0.3 is 0 Å². The van der Waals surface area contributed by atoms with Crippen LogP contribution in [0.3, 0.4) is 0 Å². The van der Waals surface area contributed by atoms with Crippen LogP contribution in [0, 0.1) is 0 Å². The van der Waals surface area contributed by atoms with Crippen LogP contribution in [-0.2, 0) is 6.54 Å². The Morgan fingerprint density at radius 2 is 2.12 bits per heavy atom. The van der Waals surface area contributed by atoms with Crippen molar-refractivity contribution in [3.63, 3.8) is 0 Å². The second-order valence-electron chi connectivity index (χ2n) is 4.39. The number of piperazine rings is 1. The van der Waals surface area contributed by atoms with Crippen molar-refractivity contribution in [3.8, 4) is 0 Å². The minimum absolute atomic E-state index is 0.762. The highest BCUT2D eigenvalue weighted by atomic mass is 35.5. The van der Waals surface area contributed by atoms with Gasteiger partial charge in [-0.25, -0.2) is 0 Å². The molecule has 2 aromatic rings. The van der Waals surface area contributed by atoms with Crippen LogP contribution in [0.1, 0.15) is 5.76 Å². The molecule has 4 heteroatoms. The zero-order chi connectivity index (χ0) is 11.7. The molecule has 0 atom stereocenters. The van der Waals surface area contributed by atoms with Crippen molar-refractivity contribution in [1.82, 2.24) is 10.2 Å². The number of benzene rings is 1. The fraction of sp³-hybridized carbons (Fsp3) is 0.385. The van der Waals surface area contributed by atoms with E-state index in [0.29, 0.717) is 0 Å². The molecule has 1 aromatic heterocycles. The zero-order valence-corrected chi connectivity index (χ0v) is 10.3. The average molecular weight is 251 g/mol. The Labute approximate surface area is 105 Å². The van der Waals surface area contributed by atoms with Gasteiger partial charge in [-0.2, -0.15) is 0 Å². The summed E-state index contributed by atoms with van der Waals surface area (Å²) in [6.45, 7) is 5.13. The molecule has 1 aliphatic heterocycles. The van der Waals surface area contributed by atoms with Crippen LogP contribution in [0.2, 0.25) is 5.02 Å². The molecule has 0 bridgehead atoms. The van der Waals surface area contributed by atoms with E-state index in [9.17, 15) is 0 Å². The van der Waals surface area contributed by atoms with Gasteiger partial charge in [0.1, 0.15) is 11.3 Å². The molecule has 0 amide bonds. The van der Waals surface area contributed by atoms with Crippen molar-refractivity contribution in [1.29, 1.82) is 0 Å². The van der Waals surface area contributed by atoms with Crippen LogP contribution >= 0.6 is 11.6 Å². The van der Waals surface area contributed by atoms with Crippen molar-refractivity contribution in [3.05, 3.63) is 35.0 Å². The topological polar surface area (TPSA) is 28.4 Å². The van der Waals surface area contributed by atoms with Gasteiger partial charge in [-0.3, -0.25) is 4.90 Å². The molecule has 3 nitrogen and oxygen atoms in total. The highest BCUT2D eigenvalue weighted by molar-refractivity contribution is 6.35. The van der Waals surface area contributed by atoms with Gasteiger partial charge in [-0.1, -0.05) is 17.7 Å². The Morgan fingerprint density at radius 1 is 1.29 bits per heavy atom. The highest BCUT2D eigenvalue weighted by Crippen LogP contribution is 2.27. The lowest BCUT2D eigenvalue weighted by molar-refractivity contribution is 0.218. The SMILES string of the molecule is Clc1cccc2oc(CN3CCNCC3)cc12. The molecule has 1 fully saturated rings. The molecular formula is C13H15ClN2O. The second kappa shape index (κ2) is 4.69. The summed E-state index contributed by atoms with van der Waals surface area (Å²) in [6, 6.07) is 7.83. The molecule has 90 valence electrons. The zero-order valence-electron chi connectivity index (χ0n) is 9.58. The molecule has 0 unspecified atom stereocenters. The minimum atomic E-state index is 0.762. The first-order valence-electron chi connectivity index (χ1n) is 5.93. The first-order valence-corrected chi connectivity index (χ1v) is 6.31. The smallest absolute Gasteiger partial charge is 0.135 e. The van der Waals surface area contributed by atoms with E-state index in [0.717, 1.165) is 54.5 Å². The molecule has 0 radical (unpaired) electrons. The van der Waals surface area contributed by atoms with Crippen LogP contribution < -0.4 is 5.32 Å². The predicted octanol–water partition coefficient (Wildman–Crippen LogP) is 2.49. The lowest BCUT2D eigenvalue weighted by atomic mass is 10.2. The highest BCUT2D eigenvalue weighted by Gasteiger charge is 2.13. The number of furan rings is 1. The molecule has 1 N–H and O–H groups in total. The average Bonchev–Trinajstić information content (AvgIpc) is 2.74. The number of halogens is 1. The third-order valence-electron chi connectivity index (χ3n) is 3.15. The maximum absolute atomic E-state index is 6.13. The number of hydrogen-bond acceptors (Lipinski definition) is 3. The standard InChI is InChI=1S/C13H15ClN2O/c14-12-2-1-3-13-11(12)8-10(17-13)9-16-6-4-15-5-7-16/h1-3,8,15H,4-7,9H2. The molecule has 1 aromatic carbocycles. The summed E-state index contributed by atoms with van der Waals surface area (Å²) in [5.41, 5.74) is 0.877. The minimum Gasteiger partial charge on any atom is -0.460 e. The summed E-state index contributed by atoms with van der Waals surface area (Å²) in [6.07, 6.45) is 0. The van der Waals surface area contributed by atoms with Gasteiger partial charge in [0.25, 0.3) is 0 Å². The van der Waals surface area contributed by atoms with E-state index < -0.39 is 0 Å². The van der Waals surface area contributed by atoms with E-state index in [1.165, 1.54) is 0 Å². The normalized spacial score (nSPS) is 17.7. The Balaban J connectivity index is 1.83. The van der Waals surface area contributed by atoms with E-state index in [1.807, 2.05) is 18.2 Å². The molecule has 1 aliphatic rings. The van der Waals surface area contributed by atoms with E-state index >= 15 is 0 Å². The van der Waals surface area contributed by atoms with Crippen molar-refractivity contribution < 1.29 is 4.42 Å². The maximum Gasteiger partial charge on any atom is 0.135 e. The van der Waals surface area contributed by atoms with Gasteiger partial charge in [0.05, 0.1) is 11.6 Å². The van der Waals surface area contributed by atoms with Gasteiger partial charge in [0, 0.05) is 31.6 Å². The summed E-state index contributed by atoms with van der Waals surface area (Å²) < 4.78 is 5.81. The van der Waals surface area contributed by atoms with Crippen LogP contribution in [0.5, 0.6) is 0 Å². The van der Waals surface area contributed by atoms with Crippen molar-refractivity contribution in [2.75, 3.05) is 26.2 Å². The fourth-order valence-electron chi connectivity index (χ4n) is 2.25. The summed E-state index contributed by atoms with van der Waals surface area (Å²) in [5.74, 6) is 0.995. The molecule has 3 rings (SSSR count). The number of fused-ring (bicyclic) bond motifs is 1. The van der Waals surface area contributed by atoms with E-state index in [4.69, 9.17) is 16.0 Å². The molecular weight excluding hydrogens is 236 g/mol. The van der Waals surface area contributed by atoms with Gasteiger partial charge in [-0.15, -0.1) is 0 Å². The first-order chi connectivity index (χ1) is 8.33. The van der Waals surface area contributed by atoms with Gasteiger partial charge in [-0.05, 0) is 18.2 Å². The molecule has 0 saturated carbocycles. The second-order valence-corrected chi connectivity index (χ2v) is 4.80. The quantitative estimate of drug-likeness (QED) is 0.888. The number of hydrogen-bond donors (Lipinski definition) is 1. The van der Waals surface area contributed by atoms with Crippen LogP contribution in [0.15, 0.2) is 28.7 Å².